The predicted molar refractivity (Wildman–Crippen MR) is 132 cm³/mol. The van der Waals surface area contributed by atoms with Crippen molar-refractivity contribution in [1.82, 2.24) is 14.7 Å². The molecule has 0 aliphatic rings. The first-order valence-corrected chi connectivity index (χ1v) is 11.7. The van der Waals surface area contributed by atoms with Crippen LogP contribution in [0.3, 0.4) is 0 Å². The number of amides is 1. The molecule has 1 amide bonds. The summed E-state index contributed by atoms with van der Waals surface area (Å²) in [5.74, 6) is -0.852. The topological polar surface area (TPSA) is 118 Å². The molecular weight excluding hydrogens is 466 g/mol. The minimum absolute atomic E-state index is 0.0493. The highest BCUT2D eigenvalue weighted by molar-refractivity contribution is 5.79. The Hall–Kier alpha value is -4.34. The van der Waals surface area contributed by atoms with Crippen molar-refractivity contribution >= 4 is 18.0 Å². The van der Waals surface area contributed by atoms with E-state index in [9.17, 15) is 19.2 Å². The zero-order valence-corrected chi connectivity index (χ0v) is 20.5. The number of nitrogens with zero attached hydrogens (tertiary/aromatic N) is 2. The van der Waals surface area contributed by atoms with Crippen molar-refractivity contribution in [2.75, 3.05) is 13.2 Å². The summed E-state index contributed by atoms with van der Waals surface area (Å²) in [6.07, 6.45) is 1.16. The fourth-order valence-electron chi connectivity index (χ4n) is 3.53. The number of unbranched alkanes of at least 4 members (excludes halogenated alkanes) is 1. The number of benzene rings is 2. The average Bonchev–Trinajstić information content (AvgIpc) is 3.13. The summed E-state index contributed by atoms with van der Waals surface area (Å²) in [6.45, 7) is 4.66. The lowest BCUT2D eigenvalue weighted by molar-refractivity contribution is -0.134. The van der Waals surface area contributed by atoms with E-state index >= 15 is 0 Å². The van der Waals surface area contributed by atoms with Crippen LogP contribution >= 0.6 is 0 Å². The predicted octanol–water partition coefficient (Wildman–Crippen LogP) is 3.55. The number of hydrogen-bond donors (Lipinski definition) is 1. The summed E-state index contributed by atoms with van der Waals surface area (Å²) >= 11 is 0. The van der Waals surface area contributed by atoms with Crippen molar-refractivity contribution in [2.24, 2.45) is 0 Å². The molecule has 1 aromatic heterocycles. The number of esters is 2. The molecule has 3 aromatic rings. The summed E-state index contributed by atoms with van der Waals surface area (Å²) in [6, 6.07) is 15.4. The summed E-state index contributed by atoms with van der Waals surface area (Å²) in [5, 5.41) is 2.33. The molecule has 0 fully saturated rings. The van der Waals surface area contributed by atoms with E-state index in [1.54, 1.807) is 55.5 Å². The second-order valence-electron chi connectivity index (χ2n) is 7.79. The van der Waals surface area contributed by atoms with Crippen LogP contribution in [0.25, 0.3) is 11.4 Å². The number of nitrogens with one attached hydrogen (secondary N) is 1. The molecule has 0 saturated carbocycles. The minimum atomic E-state index is -0.767. The first kappa shape index (κ1) is 26.3. The van der Waals surface area contributed by atoms with Gasteiger partial charge in [-0.15, -0.1) is 0 Å². The van der Waals surface area contributed by atoms with E-state index in [4.69, 9.17) is 14.2 Å². The highest BCUT2D eigenvalue weighted by atomic mass is 16.6. The molecule has 1 heterocycles. The lowest BCUT2D eigenvalue weighted by Gasteiger charge is -2.15. The number of alkyl carbamates (subject to hydrolysis) is 1. The molecule has 10 nitrogen and oxygen atoms in total. The van der Waals surface area contributed by atoms with E-state index in [-0.39, 0.29) is 18.0 Å². The van der Waals surface area contributed by atoms with Gasteiger partial charge in [-0.3, -0.25) is 9.59 Å². The Labute approximate surface area is 208 Å². The summed E-state index contributed by atoms with van der Waals surface area (Å²) in [4.78, 5) is 49.2. The van der Waals surface area contributed by atoms with Crippen LogP contribution in [0.2, 0.25) is 0 Å². The van der Waals surface area contributed by atoms with Gasteiger partial charge in [0.05, 0.1) is 23.5 Å². The van der Waals surface area contributed by atoms with E-state index in [2.05, 4.69) is 5.32 Å². The zero-order chi connectivity index (χ0) is 26.1. The van der Waals surface area contributed by atoms with Crippen LogP contribution in [0, 0.1) is 0 Å². The Morgan fingerprint density at radius 1 is 0.889 bits per heavy atom. The molecule has 0 aliphatic heterocycles. The van der Waals surface area contributed by atoms with E-state index in [0.717, 1.165) is 6.42 Å². The average molecular weight is 496 g/mol. The molecule has 0 atom stereocenters. The monoisotopic (exact) mass is 495 g/mol. The summed E-state index contributed by atoms with van der Waals surface area (Å²) in [7, 11) is 0. The van der Waals surface area contributed by atoms with Crippen molar-refractivity contribution in [2.45, 2.75) is 40.0 Å². The van der Waals surface area contributed by atoms with Gasteiger partial charge in [0.15, 0.2) is 0 Å². The normalized spacial score (nSPS) is 10.5. The van der Waals surface area contributed by atoms with Crippen LogP contribution in [0.15, 0.2) is 59.4 Å². The second kappa shape index (κ2) is 12.4. The van der Waals surface area contributed by atoms with Gasteiger partial charge in [-0.2, -0.15) is 0 Å². The first-order chi connectivity index (χ1) is 17.3. The Bertz CT molecular complexity index is 1260. The number of para-hydroxylation sites is 1. The molecule has 1 N–H and O–H groups in total. The summed E-state index contributed by atoms with van der Waals surface area (Å²) < 4.78 is 18.5. The lowest BCUT2D eigenvalue weighted by Crippen LogP contribution is -2.32. The second-order valence-corrected chi connectivity index (χ2v) is 7.79. The number of rotatable bonds is 10. The third-order valence-electron chi connectivity index (χ3n) is 5.09. The largest absolute Gasteiger partial charge is 0.450 e. The quantitative estimate of drug-likeness (QED) is 0.338. The van der Waals surface area contributed by atoms with Crippen LogP contribution in [0.4, 0.5) is 4.79 Å². The van der Waals surface area contributed by atoms with Crippen LogP contribution in [0.1, 0.15) is 39.2 Å². The Kier molecular flexibility index (Phi) is 9.04. The summed E-state index contributed by atoms with van der Waals surface area (Å²) in [5.41, 5.74) is 1.06. The van der Waals surface area contributed by atoms with Crippen molar-refractivity contribution in [1.29, 1.82) is 0 Å². The smallest absolute Gasteiger partial charge is 0.407 e. The number of carbonyl (C=O) groups is 3. The molecule has 2 aromatic carbocycles. The van der Waals surface area contributed by atoms with Gasteiger partial charge in [0.1, 0.15) is 12.3 Å². The number of carbonyl (C=O) groups excluding carboxylic acids is 3. The SMILES string of the molecule is CCCCc1c(OC(=O)CNC(=O)OCC)n(-c2ccc(OC(C)=O)cc2)n(-c2ccccc2)c1=O. The van der Waals surface area contributed by atoms with Crippen LogP contribution in [-0.4, -0.2) is 40.5 Å². The molecule has 10 heteroatoms. The molecule has 36 heavy (non-hydrogen) atoms. The molecule has 0 aliphatic carbocycles. The standard InChI is InChI=1S/C26H29N3O7/c1-4-6-12-22-24(32)28(19-10-8-7-9-11-19)29(20-13-15-21(16-14-20)35-18(3)30)25(22)36-23(31)17-27-26(33)34-5-2/h7-11,13-16H,4-6,12,17H2,1-3H3,(H,27,33). The number of hydrogen-bond acceptors (Lipinski definition) is 7. The highest BCUT2D eigenvalue weighted by Gasteiger charge is 2.25. The van der Waals surface area contributed by atoms with Gasteiger partial charge in [-0.05, 0) is 56.2 Å². The Morgan fingerprint density at radius 3 is 2.17 bits per heavy atom. The van der Waals surface area contributed by atoms with Crippen LogP contribution in [-0.2, 0) is 20.7 Å². The van der Waals surface area contributed by atoms with Gasteiger partial charge in [-0.25, -0.2) is 19.0 Å². The molecule has 0 saturated heterocycles. The Morgan fingerprint density at radius 2 is 1.56 bits per heavy atom. The maximum absolute atomic E-state index is 13.6. The van der Waals surface area contributed by atoms with Crippen molar-refractivity contribution in [3.05, 3.63) is 70.5 Å². The van der Waals surface area contributed by atoms with E-state index < -0.39 is 24.6 Å². The van der Waals surface area contributed by atoms with Gasteiger partial charge in [-0.1, -0.05) is 31.5 Å². The van der Waals surface area contributed by atoms with E-state index in [1.165, 1.54) is 16.3 Å². The number of ether oxygens (including phenoxy) is 3. The molecule has 3 rings (SSSR count). The molecule has 0 spiro atoms. The third kappa shape index (κ3) is 6.41. The number of aromatic nitrogens is 2. The fourth-order valence-corrected chi connectivity index (χ4v) is 3.53. The zero-order valence-electron chi connectivity index (χ0n) is 20.5. The maximum atomic E-state index is 13.6. The van der Waals surface area contributed by atoms with Gasteiger partial charge in [0.2, 0.25) is 5.88 Å². The molecule has 190 valence electrons. The van der Waals surface area contributed by atoms with Crippen molar-refractivity contribution in [3.63, 3.8) is 0 Å². The van der Waals surface area contributed by atoms with Gasteiger partial charge in [0, 0.05) is 6.92 Å². The minimum Gasteiger partial charge on any atom is -0.450 e. The van der Waals surface area contributed by atoms with E-state index in [1.807, 2.05) is 13.0 Å². The molecule has 0 unspecified atom stereocenters. The van der Waals surface area contributed by atoms with Gasteiger partial charge >= 0.3 is 18.0 Å². The maximum Gasteiger partial charge on any atom is 0.407 e. The lowest BCUT2D eigenvalue weighted by atomic mass is 10.1. The van der Waals surface area contributed by atoms with E-state index in [0.29, 0.717) is 35.5 Å². The highest BCUT2D eigenvalue weighted by Crippen LogP contribution is 2.27. The van der Waals surface area contributed by atoms with Gasteiger partial charge < -0.3 is 19.5 Å². The molecule has 0 bridgehead atoms. The van der Waals surface area contributed by atoms with Crippen LogP contribution in [0.5, 0.6) is 11.6 Å². The molecule has 0 radical (unpaired) electrons. The van der Waals surface area contributed by atoms with Gasteiger partial charge in [0.25, 0.3) is 5.56 Å². The first-order valence-electron chi connectivity index (χ1n) is 11.7. The van der Waals surface area contributed by atoms with Crippen molar-refractivity contribution < 1.29 is 28.6 Å². The van der Waals surface area contributed by atoms with Crippen molar-refractivity contribution in [3.8, 4) is 23.0 Å². The van der Waals surface area contributed by atoms with Crippen LogP contribution < -0.4 is 20.3 Å². The third-order valence-corrected chi connectivity index (χ3v) is 5.09. The molecular formula is C26H29N3O7. The fraction of sp³-hybridized carbons (Fsp3) is 0.308. The Balaban J connectivity index is 2.12.